The molecule has 0 amide bonds. The number of phosphoric ester groups is 2. The van der Waals surface area contributed by atoms with Gasteiger partial charge >= 0.3 is 21.3 Å². The van der Waals surface area contributed by atoms with Crippen molar-refractivity contribution in [2.75, 3.05) is 6.61 Å². The van der Waals surface area contributed by atoms with Gasteiger partial charge in [-0.25, -0.2) is 13.9 Å². The van der Waals surface area contributed by atoms with Crippen LogP contribution in [0.2, 0.25) is 0 Å². The number of aromatic nitrogens is 2. The Kier molecular flexibility index (Phi) is 8.52. The standard InChI is InChI=1S/C15H24N2O16P2/c1-5-8(19)10(21)12(23)14(30-5)32-35(27,28)33-34(25,26)29-4-6-9(20)11(22)13(31-6)17-3-2-7(18)16-15(17)24/h2-3,5-6,8-14,19-23H,4H2,1H3,(H,25,26)(H,27,28)(H,16,18,24)/t5-,6-,8-,9-,10+,11-,12-,13-,14-/m1/s1. The van der Waals surface area contributed by atoms with E-state index in [-0.39, 0.29) is 0 Å². The summed E-state index contributed by atoms with van der Waals surface area (Å²) in [5, 5.41) is 49.4. The topological polar surface area (TPSA) is 277 Å². The van der Waals surface area contributed by atoms with E-state index in [0.29, 0.717) is 0 Å². The molecule has 2 aliphatic rings. The first-order valence-corrected chi connectivity index (χ1v) is 12.8. The summed E-state index contributed by atoms with van der Waals surface area (Å²) < 4.78 is 48.3. The quantitative estimate of drug-likeness (QED) is 0.144. The van der Waals surface area contributed by atoms with Crippen LogP contribution in [0.4, 0.5) is 0 Å². The molecular weight excluding hydrogens is 526 g/mol. The summed E-state index contributed by atoms with van der Waals surface area (Å²) in [6, 6.07) is 0.940. The molecule has 0 aliphatic carbocycles. The van der Waals surface area contributed by atoms with E-state index in [1.54, 1.807) is 0 Å². The molecule has 1 aromatic heterocycles. The highest BCUT2D eigenvalue weighted by Gasteiger charge is 2.49. The van der Waals surface area contributed by atoms with Gasteiger partial charge in [-0.1, -0.05) is 0 Å². The first-order valence-electron chi connectivity index (χ1n) is 9.84. The average molecular weight is 550 g/mol. The van der Waals surface area contributed by atoms with Gasteiger partial charge in [0.15, 0.2) is 12.5 Å². The fraction of sp³-hybridized carbons (Fsp3) is 0.733. The normalized spacial score (nSPS) is 39.1. The third-order valence-corrected chi connectivity index (χ3v) is 7.72. The highest BCUT2D eigenvalue weighted by molar-refractivity contribution is 7.61. The smallest absolute Gasteiger partial charge is 0.388 e. The molecule has 2 aliphatic heterocycles. The number of ether oxygens (including phenoxy) is 2. The summed E-state index contributed by atoms with van der Waals surface area (Å²) in [6.45, 7) is 0.250. The molecule has 2 saturated heterocycles. The van der Waals surface area contributed by atoms with Crippen LogP contribution in [-0.4, -0.2) is 100 Å². The lowest BCUT2D eigenvalue weighted by Gasteiger charge is -2.38. The molecule has 2 fully saturated rings. The molecule has 18 nitrogen and oxygen atoms in total. The molecule has 200 valence electrons. The lowest BCUT2D eigenvalue weighted by Crippen LogP contribution is -2.57. The minimum atomic E-state index is -5.50. The van der Waals surface area contributed by atoms with Crippen molar-refractivity contribution in [2.45, 2.75) is 62.2 Å². The summed E-state index contributed by atoms with van der Waals surface area (Å²) in [4.78, 5) is 44.5. The van der Waals surface area contributed by atoms with Crippen molar-refractivity contribution < 1.29 is 67.3 Å². The molecule has 3 heterocycles. The van der Waals surface area contributed by atoms with Gasteiger partial charge in [-0.2, -0.15) is 4.31 Å². The molecule has 2 unspecified atom stereocenters. The van der Waals surface area contributed by atoms with E-state index in [9.17, 15) is 54.0 Å². The largest absolute Gasteiger partial charge is 0.483 e. The van der Waals surface area contributed by atoms with E-state index in [1.807, 2.05) is 4.98 Å². The second kappa shape index (κ2) is 10.6. The van der Waals surface area contributed by atoms with Gasteiger partial charge in [0.05, 0.1) is 12.7 Å². The predicted octanol–water partition coefficient (Wildman–Crippen LogP) is -3.77. The van der Waals surface area contributed by atoms with Crippen LogP contribution < -0.4 is 11.2 Å². The third kappa shape index (κ3) is 6.51. The summed E-state index contributed by atoms with van der Waals surface area (Å²) in [5.74, 6) is 0. The van der Waals surface area contributed by atoms with Crippen LogP contribution in [0.15, 0.2) is 21.9 Å². The van der Waals surface area contributed by atoms with Crippen LogP contribution in [0.5, 0.6) is 0 Å². The minimum absolute atomic E-state index is 0.737. The number of aliphatic hydroxyl groups is 5. The molecular formula is C15H24N2O16P2. The number of aliphatic hydroxyl groups excluding tert-OH is 5. The summed E-state index contributed by atoms with van der Waals surface area (Å²) in [7, 11) is -10.9. The zero-order chi connectivity index (χ0) is 26.3. The highest BCUT2D eigenvalue weighted by atomic mass is 31.3. The predicted molar refractivity (Wildman–Crippen MR) is 107 cm³/mol. The van der Waals surface area contributed by atoms with Crippen molar-refractivity contribution >= 4 is 15.6 Å². The fourth-order valence-electron chi connectivity index (χ4n) is 3.30. The van der Waals surface area contributed by atoms with Gasteiger partial charge in [-0.15, -0.1) is 0 Å². The molecule has 0 bridgehead atoms. The van der Waals surface area contributed by atoms with Crippen molar-refractivity contribution in [3.8, 4) is 0 Å². The van der Waals surface area contributed by atoms with Crippen molar-refractivity contribution in [2.24, 2.45) is 0 Å². The maximum Gasteiger partial charge on any atom is 0.483 e. The zero-order valence-corrected chi connectivity index (χ0v) is 19.5. The van der Waals surface area contributed by atoms with E-state index in [2.05, 4.69) is 13.4 Å². The van der Waals surface area contributed by atoms with Gasteiger partial charge in [0, 0.05) is 12.3 Å². The maximum atomic E-state index is 12.1. The van der Waals surface area contributed by atoms with Crippen molar-refractivity contribution in [1.29, 1.82) is 0 Å². The monoisotopic (exact) mass is 550 g/mol. The molecule has 0 spiro atoms. The summed E-state index contributed by atoms with van der Waals surface area (Å²) in [6.07, 6.45) is -14.2. The number of H-pyrrole nitrogens is 1. The Morgan fingerprint density at radius 1 is 0.971 bits per heavy atom. The van der Waals surface area contributed by atoms with E-state index in [0.717, 1.165) is 16.8 Å². The number of nitrogens with one attached hydrogen (secondary N) is 1. The molecule has 11 atom stereocenters. The minimum Gasteiger partial charge on any atom is -0.388 e. The molecule has 3 rings (SSSR count). The first kappa shape index (κ1) is 28.2. The van der Waals surface area contributed by atoms with Gasteiger partial charge in [-0.3, -0.25) is 23.4 Å². The fourth-order valence-corrected chi connectivity index (χ4v) is 5.45. The first-order chi connectivity index (χ1) is 16.1. The average Bonchev–Trinajstić information content (AvgIpc) is 3.02. The molecule has 0 saturated carbocycles. The van der Waals surface area contributed by atoms with E-state index in [1.165, 1.54) is 6.92 Å². The second-order valence-electron chi connectivity index (χ2n) is 7.66. The van der Waals surface area contributed by atoms with Crippen LogP contribution in [0.3, 0.4) is 0 Å². The third-order valence-electron chi connectivity index (χ3n) is 5.12. The van der Waals surface area contributed by atoms with Crippen LogP contribution in [0.1, 0.15) is 13.2 Å². The maximum absolute atomic E-state index is 12.1. The Bertz CT molecular complexity index is 1110. The zero-order valence-electron chi connectivity index (χ0n) is 17.7. The van der Waals surface area contributed by atoms with Crippen LogP contribution in [0, 0.1) is 0 Å². The van der Waals surface area contributed by atoms with Gasteiger partial charge in [0.2, 0.25) is 0 Å². The lowest BCUT2D eigenvalue weighted by molar-refractivity contribution is -0.271. The summed E-state index contributed by atoms with van der Waals surface area (Å²) >= 11 is 0. The Labute approximate surface area is 195 Å². The van der Waals surface area contributed by atoms with Crippen molar-refractivity contribution in [1.82, 2.24) is 9.55 Å². The Balaban J connectivity index is 1.61. The van der Waals surface area contributed by atoms with Crippen LogP contribution in [-0.2, 0) is 32.0 Å². The molecule has 20 heteroatoms. The molecule has 35 heavy (non-hydrogen) atoms. The Hall–Kier alpha value is -1.34. The van der Waals surface area contributed by atoms with Crippen molar-refractivity contribution in [3.05, 3.63) is 33.1 Å². The second-order valence-corrected chi connectivity index (χ2v) is 10.7. The van der Waals surface area contributed by atoms with E-state index >= 15 is 0 Å². The Morgan fingerprint density at radius 3 is 2.26 bits per heavy atom. The van der Waals surface area contributed by atoms with Crippen molar-refractivity contribution in [3.63, 3.8) is 0 Å². The highest BCUT2D eigenvalue weighted by Crippen LogP contribution is 2.61. The van der Waals surface area contributed by atoms with Gasteiger partial charge < -0.3 is 44.8 Å². The van der Waals surface area contributed by atoms with E-state index < -0.39 is 88.7 Å². The lowest BCUT2D eigenvalue weighted by atomic mass is 10.0. The number of phosphoric acid groups is 2. The molecule has 8 N–H and O–H groups in total. The Morgan fingerprint density at radius 2 is 1.63 bits per heavy atom. The number of rotatable bonds is 8. The number of aromatic amines is 1. The van der Waals surface area contributed by atoms with Crippen LogP contribution in [0.25, 0.3) is 0 Å². The number of hydrogen-bond donors (Lipinski definition) is 8. The molecule has 0 aromatic carbocycles. The van der Waals surface area contributed by atoms with E-state index in [4.69, 9.17) is 9.47 Å². The number of hydrogen-bond acceptors (Lipinski definition) is 14. The SMILES string of the molecule is C[C@H]1O[C@H](OP(=O)(O)OP(=O)(O)OC[C@H]2O[C@@H](n3ccc(=O)[nH]c3=O)[C@H](O)[C@@H]2O)[C@H](O)[C@@H](O)[C@@H]1O. The van der Waals surface area contributed by atoms with Gasteiger partial charge in [0.25, 0.3) is 5.56 Å². The molecule has 1 aromatic rings. The van der Waals surface area contributed by atoms with Crippen LogP contribution >= 0.6 is 15.6 Å². The number of nitrogens with zero attached hydrogens (tertiary/aromatic N) is 1. The molecule has 0 radical (unpaired) electrons. The van der Waals surface area contributed by atoms with Gasteiger partial charge in [-0.05, 0) is 6.92 Å². The summed E-state index contributed by atoms with van der Waals surface area (Å²) in [5.41, 5.74) is -1.72. The van der Waals surface area contributed by atoms with Gasteiger partial charge in [0.1, 0.15) is 36.6 Å².